The van der Waals surface area contributed by atoms with E-state index in [0.29, 0.717) is 62.9 Å². The van der Waals surface area contributed by atoms with Crippen LogP contribution in [0, 0.1) is 5.92 Å². The van der Waals surface area contributed by atoms with E-state index in [2.05, 4.69) is 11.4 Å². The molecule has 2 aromatic carbocycles. The molecule has 0 unspecified atom stereocenters. The molecule has 2 amide bonds. The van der Waals surface area contributed by atoms with Crippen LogP contribution in [0.25, 0.3) is 0 Å². The Hall–Kier alpha value is -3.22. The van der Waals surface area contributed by atoms with Crippen molar-refractivity contribution in [2.75, 3.05) is 31.7 Å². The number of benzene rings is 2. The van der Waals surface area contributed by atoms with Crippen molar-refractivity contribution >= 4 is 17.5 Å². The molecule has 0 aromatic heterocycles. The van der Waals surface area contributed by atoms with Crippen LogP contribution in [0.4, 0.5) is 5.69 Å². The molecule has 0 atom stereocenters. The van der Waals surface area contributed by atoms with Crippen LogP contribution in [0.15, 0.2) is 36.4 Å². The van der Waals surface area contributed by atoms with Crippen molar-refractivity contribution in [3.8, 4) is 17.2 Å². The van der Waals surface area contributed by atoms with Crippen LogP contribution >= 0.6 is 0 Å². The maximum absolute atomic E-state index is 12.5. The fourth-order valence-corrected chi connectivity index (χ4v) is 3.98. The van der Waals surface area contributed by atoms with Crippen LogP contribution in [-0.4, -0.2) is 43.1 Å². The van der Waals surface area contributed by atoms with Gasteiger partial charge in [0.2, 0.25) is 11.8 Å². The minimum atomic E-state index is -0.0617. The van der Waals surface area contributed by atoms with E-state index in [1.807, 2.05) is 29.2 Å². The molecule has 1 aliphatic carbocycles. The third-order valence-electron chi connectivity index (χ3n) is 5.81. The lowest BCUT2D eigenvalue weighted by Gasteiger charge is -2.19. The van der Waals surface area contributed by atoms with Gasteiger partial charge in [0, 0.05) is 36.2 Å². The molecule has 1 fully saturated rings. The maximum Gasteiger partial charge on any atom is 0.226 e. The number of carbonyl (C=O) groups is 2. The SMILES string of the molecule is O=C(CCc1ccc2c(c1)CN(C(=O)C1CC1)CCO2)Nc1ccc2c(c1)OCCO2. The number of fused-ring (bicyclic) bond motifs is 2. The van der Waals surface area contributed by atoms with E-state index in [1.165, 1.54) is 0 Å². The van der Waals surface area contributed by atoms with Gasteiger partial charge in [0.1, 0.15) is 25.6 Å². The fourth-order valence-electron chi connectivity index (χ4n) is 3.98. The van der Waals surface area contributed by atoms with E-state index in [-0.39, 0.29) is 17.7 Å². The van der Waals surface area contributed by atoms with Gasteiger partial charge in [-0.15, -0.1) is 0 Å². The van der Waals surface area contributed by atoms with Gasteiger partial charge in [0.15, 0.2) is 11.5 Å². The molecule has 0 bridgehead atoms. The van der Waals surface area contributed by atoms with Crippen molar-refractivity contribution < 1.29 is 23.8 Å². The van der Waals surface area contributed by atoms with Gasteiger partial charge in [0.25, 0.3) is 0 Å². The Morgan fingerprint density at radius 2 is 1.71 bits per heavy atom. The number of hydrogen-bond donors (Lipinski definition) is 1. The van der Waals surface area contributed by atoms with Gasteiger partial charge in [-0.05, 0) is 43.0 Å². The monoisotopic (exact) mass is 422 g/mol. The Bertz CT molecular complexity index is 1000. The van der Waals surface area contributed by atoms with Gasteiger partial charge in [-0.25, -0.2) is 0 Å². The number of hydrogen-bond acceptors (Lipinski definition) is 5. The lowest BCUT2D eigenvalue weighted by molar-refractivity contribution is -0.133. The molecule has 0 radical (unpaired) electrons. The zero-order valence-corrected chi connectivity index (χ0v) is 17.4. The Morgan fingerprint density at radius 1 is 0.935 bits per heavy atom. The summed E-state index contributed by atoms with van der Waals surface area (Å²) in [6, 6.07) is 11.4. The summed E-state index contributed by atoms with van der Waals surface area (Å²) in [6.45, 7) is 2.76. The third kappa shape index (κ3) is 4.60. The summed E-state index contributed by atoms with van der Waals surface area (Å²) < 4.78 is 16.9. The summed E-state index contributed by atoms with van der Waals surface area (Å²) in [5.41, 5.74) is 2.76. The van der Waals surface area contributed by atoms with Crippen LogP contribution < -0.4 is 19.5 Å². The zero-order chi connectivity index (χ0) is 21.2. The van der Waals surface area contributed by atoms with Gasteiger partial charge < -0.3 is 24.4 Å². The molecule has 2 aromatic rings. The highest BCUT2D eigenvalue weighted by Gasteiger charge is 2.34. The van der Waals surface area contributed by atoms with Crippen LogP contribution in [0.2, 0.25) is 0 Å². The van der Waals surface area contributed by atoms with Gasteiger partial charge in [-0.1, -0.05) is 12.1 Å². The molecule has 2 aliphatic heterocycles. The first-order chi connectivity index (χ1) is 15.2. The largest absolute Gasteiger partial charge is 0.491 e. The molecule has 0 saturated heterocycles. The van der Waals surface area contributed by atoms with E-state index in [4.69, 9.17) is 14.2 Å². The Balaban J connectivity index is 1.20. The molecule has 162 valence electrons. The predicted octanol–water partition coefficient (Wildman–Crippen LogP) is 3.16. The molecule has 7 heteroatoms. The first-order valence-corrected chi connectivity index (χ1v) is 10.9. The van der Waals surface area contributed by atoms with E-state index in [9.17, 15) is 9.59 Å². The van der Waals surface area contributed by atoms with Gasteiger partial charge >= 0.3 is 0 Å². The Morgan fingerprint density at radius 3 is 2.55 bits per heavy atom. The summed E-state index contributed by atoms with van der Waals surface area (Å²) in [6.07, 6.45) is 2.97. The van der Waals surface area contributed by atoms with E-state index >= 15 is 0 Å². The van der Waals surface area contributed by atoms with E-state index in [0.717, 1.165) is 29.7 Å². The van der Waals surface area contributed by atoms with Crippen LogP contribution in [0.1, 0.15) is 30.4 Å². The summed E-state index contributed by atoms with van der Waals surface area (Å²) >= 11 is 0. The molecule has 2 heterocycles. The number of aryl methyl sites for hydroxylation is 1. The van der Waals surface area contributed by atoms with Gasteiger partial charge in [0.05, 0.1) is 6.54 Å². The topological polar surface area (TPSA) is 77.1 Å². The summed E-state index contributed by atoms with van der Waals surface area (Å²) in [4.78, 5) is 26.9. The zero-order valence-electron chi connectivity index (χ0n) is 17.4. The number of nitrogens with one attached hydrogen (secondary N) is 1. The van der Waals surface area contributed by atoms with Crippen LogP contribution in [-0.2, 0) is 22.6 Å². The second kappa shape index (κ2) is 8.49. The van der Waals surface area contributed by atoms with Crippen molar-refractivity contribution in [2.45, 2.75) is 32.2 Å². The van der Waals surface area contributed by atoms with E-state index < -0.39 is 0 Å². The fraction of sp³-hybridized carbons (Fsp3) is 0.417. The first-order valence-electron chi connectivity index (χ1n) is 10.9. The predicted molar refractivity (Wildman–Crippen MR) is 114 cm³/mol. The lowest BCUT2D eigenvalue weighted by Crippen LogP contribution is -2.33. The molecular formula is C24H26N2O5. The van der Waals surface area contributed by atoms with Crippen molar-refractivity contribution in [3.63, 3.8) is 0 Å². The maximum atomic E-state index is 12.5. The number of carbonyl (C=O) groups excluding carboxylic acids is 2. The summed E-state index contributed by atoms with van der Waals surface area (Å²) in [5.74, 6) is 2.56. The highest BCUT2D eigenvalue weighted by Crippen LogP contribution is 2.34. The second-order valence-corrected chi connectivity index (χ2v) is 8.23. The Labute approximate surface area is 181 Å². The smallest absolute Gasteiger partial charge is 0.226 e. The quantitative estimate of drug-likeness (QED) is 0.801. The minimum Gasteiger partial charge on any atom is -0.491 e. The molecule has 7 nitrogen and oxygen atoms in total. The number of rotatable bonds is 5. The minimum absolute atomic E-state index is 0.0617. The summed E-state index contributed by atoms with van der Waals surface area (Å²) in [5, 5.41) is 2.92. The van der Waals surface area contributed by atoms with Crippen LogP contribution in [0.5, 0.6) is 17.2 Å². The number of nitrogens with zero attached hydrogens (tertiary/aromatic N) is 1. The molecule has 3 aliphatic rings. The van der Waals surface area contributed by atoms with Crippen LogP contribution in [0.3, 0.4) is 0 Å². The average Bonchev–Trinajstić information content (AvgIpc) is 3.64. The number of amides is 2. The molecule has 1 N–H and O–H groups in total. The van der Waals surface area contributed by atoms with Crippen molar-refractivity contribution in [3.05, 3.63) is 47.5 Å². The molecule has 1 saturated carbocycles. The average molecular weight is 422 g/mol. The number of anilines is 1. The molecule has 5 rings (SSSR count). The lowest BCUT2D eigenvalue weighted by atomic mass is 10.0. The van der Waals surface area contributed by atoms with Crippen molar-refractivity contribution in [1.82, 2.24) is 4.90 Å². The normalized spacial score (nSPS) is 17.2. The molecular weight excluding hydrogens is 396 g/mol. The standard InChI is InChI=1S/C24H26N2O5/c27-23(25-19-5-7-21-22(14-19)31-12-11-30-21)8-2-16-1-6-20-18(13-16)15-26(9-10-29-20)24(28)17-3-4-17/h1,5-7,13-14,17H,2-4,8-12,15H2,(H,25,27). The first kappa shape index (κ1) is 19.7. The highest BCUT2D eigenvalue weighted by atomic mass is 16.6. The Kier molecular flexibility index (Phi) is 5.40. The van der Waals surface area contributed by atoms with Crippen molar-refractivity contribution in [2.24, 2.45) is 5.92 Å². The summed E-state index contributed by atoms with van der Waals surface area (Å²) in [7, 11) is 0. The second-order valence-electron chi connectivity index (χ2n) is 8.23. The van der Waals surface area contributed by atoms with E-state index in [1.54, 1.807) is 6.07 Å². The van der Waals surface area contributed by atoms with Gasteiger partial charge in [-0.2, -0.15) is 0 Å². The number of ether oxygens (including phenoxy) is 3. The van der Waals surface area contributed by atoms with Gasteiger partial charge in [-0.3, -0.25) is 9.59 Å². The molecule has 31 heavy (non-hydrogen) atoms. The third-order valence-corrected chi connectivity index (χ3v) is 5.81. The highest BCUT2D eigenvalue weighted by molar-refractivity contribution is 5.91. The molecule has 0 spiro atoms. The van der Waals surface area contributed by atoms with Crippen molar-refractivity contribution in [1.29, 1.82) is 0 Å².